The molecule has 0 spiro atoms. The Morgan fingerprint density at radius 3 is 2.40 bits per heavy atom. The van der Waals surface area contributed by atoms with E-state index < -0.39 is 11.3 Å². The minimum atomic E-state index is -0.510. The number of anilines is 2. The number of nitrogens with zero attached hydrogens (tertiary/aromatic N) is 4. The van der Waals surface area contributed by atoms with Crippen LogP contribution in [0.4, 0.5) is 17.1 Å². The van der Waals surface area contributed by atoms with E-state index in [1.165, 1.54) is 11.8 Å². The molecule has 7 rings (SSSR count). The molecule has 4 aromatic rings. The third-order valence-electron chi connectivity index (χ3n) is 8.84. The van der Waals surface area contributed by atoms with Gasteiger partial charge in [0.05, 0.1) is 38.1 Å². The van der Waals surface area contributed by atoms with E-state index in [0.717, 1.165) is 42.0 Å². The number of carbonyl (C=O) groups is 3. The van der Waals surface area contributed by atoms with Crippen molar-refractivity contribution in [2.24, 2.45) is 4.99 Å². The van der Waals surface area contributed by atoms with Gasteiger partial charge in [0.2, 0.25) is 17.7 Å². The van der Waals surface area contributed by atoms with Gasteiger partial charge in [0.15, 0.2) is 5.17 Å². The molecule has 11 heteroatoms. The number of morpholine rings is 1. The summed E-state index contributed by atoms with van der Waals surface area (Å²) in [7, 11) is 0. The molecule has 1 aromatic heterocycles. The number of carbonyl (C=O) groups excluding carboxylic acids is 3. The van der Waals surface area contributed by atoms with Crippen molar-refractivity contribution in [2.75, 3.05) is 43.1 Å². The van der Waals surface area contributed by atoms with E-state index in [9.17, 15) is 14.4 Å². The normalized spacial score (nSPS) is 20.5. The highest BCUT2D eigenvalue weighted by Gasteiger charge is 2.40. The summed E-state index contributed by atoms with van der Waals surface area (Å²) in [5.41, 5.74) is 4.23. The van der Waals surface area contributed by atoms with Gasteiger partial charge in [-0.2, -0.15) is 0 Å². The number of ether oxygens (including phenoxy) is 1. The average molecular weight is 664 g/mol. The van der Waals surface area contributed by atoms with Crippen LogP contribution in [0.5, 0.6) is 0 Å². The van der Waals surface area contributed by atoms with Crippen molar-refractivity contribution >= 4 is 51.7 Å². The van der Waals surface area contributed by atoms with Gasteiger partial charge < -0.3 is 24.3 Å². The molecule has 246 valence electrons. The maximum Gasteiger partial charge on any atom is 0.247 e. The molecule has 3 aromatic carbocycles. The standard InChI is InChI=1S/C37H37N5O5S/c43-33(24-26-6-2-1-3-7-26)41-18-4-9-32(41)35(44)38-28-12-10-27(11-13-28)34-36(45)42(25-31-8-5-21-47-31)37(48-34)39-29-14-16-30(17-15-29)40-19-22-46-23-20-40/h1-3,5-8,10-17,21,32,34H,4,9,18-20,22-25H2,(H,38,44)/b39-37-/t32-,34?/m0/s1. The van der Waals surface area contributed by atoms with Crippen LogP contribution in [0.15, 0.2) is 107 Å². The first-order chi connectivity index (χ1) is 23.5. The lowest BCUT2D eigenvalue weighted by atomic mass is 10.1. The summed E-state index contributed by atoms with van der Waals surface area (Å²) in [6, 6.07) is 28.1. The van der Waals surface area contributed by atoms with Crippen molar-refractivity contribution in [3.8, 4) is 0 Å². The predicted molar refractivity (Wildman–Crippen MR) is 186 cm³/mol. The lowest BCUT2D eigenvalue weighted by Gasteiger charge is -2.28. The number of amidine groups is 1. The first-order valence-electron chi connectivity index (χ1n) is 16.3. The number of nitrogens with one attached hydrogen (secondary N) is 1. The van der Waals surface area contributed by atoms with Crippen LogP contribution in [-0.2, 0) is 32.1 Å². The summed E-state index contributed by atoms with van der Waals surface area (Å²) in [6.45, 7) is 3.98. The van der Waals surface area contributed by atoms with Crippen molar-refractivity contribution in [2.45, 2.75) is 37.1 Å². The van der Waals surface area contributed by atoms with Crippen molar-refractivity contribution in [3.05, 3.63) is 114 Å². The van der Waals surface area contributed by atoms with Gasteiger partial charge in [-0.1, -0.05) is 54.2 Å². The molecule has 1 N–H and O–H groups in total. The second kappa shape index (κ2) is 14.5. The molecule has 0 bridgehead atoms. The van der Waals surface area contributed by atoms with Gasteiger partial charge in [-0.05, 0) is 72.5 Å². The number of likely N-dealkylation sites (tertiary alicyclic amines) is 1. The number of amides is 3. The summed E-state index contributed by atoms with van der Waals surface area (Å²) in [6.07, 6.45) is 3.28. The smallest absolute Gasteiger partial charge is 0.247 e. The lowest BCUT2D eigenvalue weighted by molar-refractivity contribution is -0.136. The number of rotatable bonds is 9. The van der Waals surface area contributed by atoms with Crippen molar-refractivity contribution in [1.29, 1.82) is 0 Å². The van der Waals surface area contributed by atoms with Crippen molar-refractivity contribution in [3.63, 3.8) is 0 Å². The van der Waals surface area contributed by atoms with Crippen molar-refractivity contribution in [1.82, 2.24) is 9.80 Å². The zero-order valence-electron chi connectivity index (χ0n) is 26.5. The van der Waals surface area contributed by atoms with E-state index in [1.807, 2.05) is 72.8 Å². The molecule has 3 aliphatic heterocycles. The number of aliphatic imine (C=N–C) groups is 1. The van der Waals surface area contributed by atoms with E-state index in [1.54, 1.807) is 22.1 Å². The monoisotopic (exact) mass is 663 g/mol. The van der Waals surface area contributed by atoms with Crippen LogP contribution < -0.4 is 10.2 Å². The molecule has 0 radical (unpaired) electrons. The second-order valence-corrected chi connectivity index (χ2v) is 13.1. The van der Waals surface area contributed by atoms with E-state index in [-0.39, 0.29) is 30.7 Å². The zero-order valence-corrected chi connectivity index (χ0v) is 27.3. The Bertz CT molecular complexity index is 1760. The molecular weight excluding hydrogens is 627 g/mol. The fourth-order valence-electron chi connectivity index (χ4n) is 6.30. The number of thioether (sulfide) groups is 1. The molecule has 10 nitrogen and oxygen atoms in total. The first kappa shape index (κ1) is 31.7. The van der Waals surface area contributed by atoms with Crippen LogP contribution in [0, 0.1) is 0 Å². The Morgan fingerprint density at radius 1 is 0.896 bits per heavy atom. The summed E-state index contributed by atoms with van der Waals surface area (Å²) in [4.78, 5) is 50.7. The molecule has 3 amide bonds. The zero-order chi connectivity index (χ0) is 32.9. The lowest BCUT2D eigenvalue weighted by Crippen LogP contribution is -2.43. The minimum absolute atomic E-state index is 0.0458. The van der Waals surface area contributed by atoms with Crippen LogP contribution >= 0.6 is 11.8 Å². The maximum absolute atomic E-state index is 13.8. The van der Waals surface area contributed by atoms with Crippen LogP contribution in [-0.4, -0.2) is 71.6 Å². The summed E-state index contributed by atoms with van der Waals surface area (Å²) in [5, 5.41) is 3.08. The Hall–Kier alpha value is -4.87. The number of hydrogen-bond acceptors (Lipinski definition) is 8. The Morgan fingerprint density at radius 2 is 1.67 bits per heavy atom. The van der Waals surface area contributed by atoms with Gasteiger partial charge in [-0.3, -0.25) is 19.3 Å². The fraction of sp³-hybridized carbons (Fsp3) is 0.297. The highest BCUT2D eigenvalue weighted by molar-refractivity contribution is 8.15. The Balaban J connectivity index is 1.03. The molecule has 3 fully saturated rings. The van der Waals surface area contributed by atoms with Crippen LogP contribution in [0.25, 0.3) is 0 Å². The first-order valence-corrected chi connectivity index (χ1v) is 17.2. The predicted octanol–water partition coefficient (Wildman–Crippen LogP) is 5.79. The Labute approximate surface area is 283 Å². The summed E-state index contributed by atoms with van der Waals surface area (Å²) >= 11 is 1.40. The molecule has 48 heavy (non-hydrogen) atoms. The Kier molecular flexibility index (Phi) is 9.57. The van der Waals surface area contributed by atoms with Gasteiger partial charge in [0.1, 0.15) is 17.1 Å². The quantitative estimate of drug-likeness (QED) is 0.242. The molecule has 1 unspecified atom stereocenters. The van der Waals surface area contributed by atoms with E-state index >= 15 is 0 Å². The summed E-state index contributed by atoms with van der Waals surface area (Å²) < 4.78 is 11.0. The van der Waals surface area contributed by atoms with Gasteiger partial charge in [-0.25, -0.2) is 4.99 Å². The largest absolute Gasteiger partial charge is 0.467 e. The second-order valence-electron chi connectivity index (χ2n) is 12.0. The molecule has 4 heterocycles. The van der Waals surface area contributed by atoms with E-state index in [4.69, 9.17) is 14.1 Å². The maximum atomic E-state index is 13.8. The molecule has 3 saturated heterocycles. The fourth-order valence-corrected chi connectivity index (χ4v) is 7.48. The molecular formula is C37H37N5O5S. The molecule has 3 aliphatic rings. The van der Waals surface area contributed by atoms with Gasteiger partial charge in [-0.15, -0.1) is 0 Å². The highest BCUT2D eigenvalue weighted by Crippen LogP contribution is 2.41. The SMILES string of the molecule is O=C(Nc1ccc(C2S/C(=N\c3ccc(N4CCOCC4)cc3)N(Cc3ccco3)C2=O)cc1)[C@@H]1CCCN1C(=O)Cc1ccccc1. The molecule has 2 atom stereocenters. The highest BCUT2D eigenvalue weighted by atomic mass is 32.2. The number of benzene rings is 3. The van der Waals surface area contributed by atoms with Crippen molar-refractivity contribution < 1.29 is 23.5 Å². The third-order valence-corrected chi connectivity index (χ3v) is 10.1. The third kappa shape index (κ3) is 7.17. The molecule has 0 aliphatic carbocycles. The van der Waals surface area contributed by atoms with Crippen LogP contribution in [0.1, 0.15) is 35.0 Å². The van der Waals surface area contributed by atoms with Crippen LogP contribution in [0.3, 0.4) is 0 Å². The van der Waals surface area contributed by atoms with Gasteiger partial charge in [0.25, 0.3) is 0 Å². The summed E-state index contributed by atoms with van der Waals surface area (Å²) in [5.74, 6) is 0.332. The van der Waals surface area contributed by atoms with Crippen LogP contribution in [0.2, 0.25) is 0 Å². The topological polar surface area (TPSA) is 108 Å². The molecule has 0 saturated carbocycles. The van der Waals surface area contributed by atoms with E-state index in [2.05, 4.69) is 22.3 Å². The van der Waals surface area contributed by atoms with Gasteiger partial charge in [0, 0.05) is 31.0 Å². The van der Waals surface area contributed by atoms with Gasteiger partial charge >= 0.3 is 0 Å². The number of hydrogen-bond donors (Lipinski definition) is 1. The average Bonchev–Trinajstić information content (AvgIpc) is 3.89. The van der Waals surface area contributed by atoms with E-state index in [0.29, 0.717) is 42.8 Å². The minimum Gasteiger partial charge on any atom is -0.467 e. The number of furan rings is 1.